The van der Waals surface area contributed by atoms with Crippen LogP contribution in [-0.4, -0.2) is 18.8 Å². The van der Waals surface area contributed by atoms with Gasteiger partial charge in [-0.25, -0.2) is 0 Å². The molecule has 98 valence electrons. The third-order valence-corrected chi connectivity index (χ3v) is 5.52. The van der Waals surface area contributed by atoms with E-state index >= 15 is 0 Å². The Morgan fingerprint density at radius 1 is 1.39 bits per heavy atom. The van der Waals surface area contributed by atoms with Gasteiger partial charge in [-0.15, -0.1) is 0 Å². The molecule has 0 N–H and O–H groups in total. The Balaban J connectivity index is 2.01. The lowest BCUT2D eigenvalue weighted by molar-refractivity contribution is 0.0193. The van der Waals surface area contributed by atoms with Gasteiger partial charge < -0.3 is 9.47 Å². The van der Waals surface area contributed by atoms with Crippen LogP contribution in [0.25, 0.3) is 0 Å². The van der Waals surface area contributed by atoms with Gasteiger partial charge in [0.1, 0.15) is 5.75 Å². The number of hydrogen-bond acceptors (Lipinski definition) is 2. The van der Waals surface area contributed by atoms with E-state index in [0.29, 0.717) is 0 Å². The van der Waals surface area contributed by atoms with Gasteiger partial charge in [0.25, 0.3) is 0 Å². The minimum Gasteiger partial charge on any atom is -0.493 e. The summed E-state index contributed by atoms with van der Waals surface area (Å²) in [6, 6.07) is 4.00. The summed E-state index contributed by atoms with van der Waals surface area (Å²) in [5, 5.41) is 0.778. The van der Waals surface area contributed by atoms with E-state index in [1.807, 2.05) is 12.1 Å². The largest absolute Gasteiger partial charge is 0.493 e. The van der Waals surface area contributed by atoms with E-state index < -0.39 is 0 Å². The highest BCUT2D eigenvalue weighted by Crippen LogP contribution is 2.48. The number of benzene rings is 1. The van der Waals surface area contributed by atoms with Gasteiger partial charge in [0.2, 0.25) is 0 Å². The fraction of sp³-hybridized carbons (Fsp3) is 0.571. The number of rotatable bonds is 2. The van der Waals surface area contributed by atoms with Gasteiger partial charge in [-0.1, -0.05) is 27.5 Å². The Kier molecular flexibility index (Phi) is 3.33. The molecule has 0 aromatic heterocycles. The van der Waals surface area contributed by atoms with Crippen LogP contribution in [0.3, 0.4) is 0 Å². The zero-order chi connectivity index (χ0) is 12.8. The molecule has 0 bridgehead atoms. The van der Waals surface area contributed by atoms with Crippen molar-refractivity contribution in [1.82, 2.24) is 0 Å². The molecule has 1 aromatic carbocycles. The van der Waals surface area contributed by atoms with Gasteiger partial charge in [0.15, 0.2) is 0 Å². The van der Waals surface area contributed by atoms with Gasteiger partial charge in [-0.3, -0.25) is 0 Å². The van der Waals surface area contributed by atoms with Gasteiger partial charge >= 0.3 is 0 Å². The number of alkyl halides is 1. The molecule has 2 aliphatic rings. The average molecular weight is 332 g/mol. The topological polar surface area (TPSA) is 18.5 Å². The van der Waals surface area contributed by atoms with Crippen LogP contribution in [0.4, 0.5) is 0 Å². The van der Waals surface area contributed by atoms with Crippen LogP contribution in [0.2, 0.25) is 5.02 Å². The second-order valence-corrected chi connectivity index (χ2v) is 6.56. The minimum absolute atomic E-state index is 0.123. The summed E-state index contributed by atoms with van der Waals surface area (Å²) in [7, 11) is 0. The zero-order valence-electron chi connectivity index (χ0n) is 10.3. The molecule has 2 aliphatic heterocycles. The van der Waals surface area contributed by atoms with Gasteiger partial charge in [0, 0.05) is 23.6 Å². The summed E-state index contributed by atoms with van der Waals surface area (Å²) >= 11 is 10.0. The maximum atomic E-state index is 6.21. The van der Waals surface area contributed by atoms with Crippen molar-refractivity contribution in [3.05, 3.63) is 28.3 Å². The molecular formula is C14H16BrClO2. The lowest BCUT2D eigenvalue weighted by atomic mass is 9.92. The summed E-state index contributed by atoms with van der Waals surface area (Å²) in [5.74, 6) is 0.998. The molecule has 1 saturated heterocycles. The molecule has 1 fully saturated rings. The Bertz CT molecular complexity index is 469. The predicted octanol–water partition coefficient (Wildman–Crippen LogP) is 4.28. The SMILES string of the molecule is CC1(C(Br)c2cc(Cl)cc3c2OCC3)CCCO1. The number of halogens is 2. The Morgan fingerprint density at radius 3 is 2.94 bits per heavy atom. The van der Waals surface area contributed by atoms with E-state index in [2.05, 4.69) is 22.9 Å². The van der Waals surface area contributed by atoms with Gasteiger partial charge in [-0.05, 0) is 37.5 Å². The Morgan fingerprint density at radius 2 is 2.22 bits per heavy atom. The van der Waals surface area contributed by atoms with Crippen LogP contribution < -0.4 is 4.74 Å². The molecule has 0 aliphatic carbocycles. The summed E-state index contributed by atoms with van der Waals surface area (Å²) in [5.41, 5.74) is 2.17. The average Bonchev–Trinajstić information content (AvgIpc) is 2.96. The van der Waals surface area contributed by atoms with Crippen LogP contribution in [-0.2, 0) is 11.2 Å². The van der Waals surface area contributed by atoms with Crippen molar-refractivity contribution in [2.24, 2.45) is 0 Å². The number of fused-ring (bicyclic) bond motifs is 1. The van der Waals surface area contributed by atoms with Gasteiger partial charge in [-0.2, -0.15) is 0 Å². The molecule has 0 saturated carbocycles. The lowest BCUT2D eigenvalue weighted by Crippen LogP contribution is -2.28. The standard InChI is InChI=1S/C14H16BrClO2/c1-14(4-2-5-18-14)13(15)11-8-10(16)7-9-3-6-17-12(9)11/h7-8,13H,2-6H2,1H3. The molecule has 1 aromatic rings. The summed E-state index contributed by atoms with van der Waals surface area (Å²) < 4.78 is 11.7. The molecular weight excluding hydrogens is 316 g/mol. The van der Waals surface area contributed by atoms with E-state index in [-0.39, 0.29) is 10.4 Å². The third-order valence-electron chi connectivity index (χ3n) is 3.84. The minimum atomic E-state index is -0.162. The highest BCUT2D eigenvalue weighted by Gasteiger charge is 2.40. The molecule has 2 heterocycles. The van der Waals surface area contributed by atoms with E-state index in [9.17, 15) is 0 Å². The van der Waals surface area contributed by atoms with Crippen molar-refractivity contribution in [1.29, 1.82) is 0 Å². The van der Waals surface area contributed by atoms with Crippen molar-refractivity contribution in [3.8, 4) is 5.75 Å². The van der Waals surface area contributed by atoms with Crippen molar-refractivity contribution < 1.29 is 9.47 Å². The molecule has 0 amide bonds. The molecule has 2 unspecified atom stereocenters. The number of ether oxygens (including phenoxy) is 2. The second-order valence-electron chi connectivity index (χ2n) is 5.21. The van der Waals surface area contributed by atoms with Crippen LogP contribution in [0.15, 0.2) is 12.1 Å². The third kappa shape index (κ3) is 2.06. The first kappa shape index (κ1) is 12.8. The Labute approximate surface area is 121 Å². The first-order valence-corrected chi connectivity index (χ1v) is 7.63. The summed E-state index contributed by atoms with van der Waals surface area (Å²) in [6.45, 7) is 3.74. The molecule has 4 heteroatoms. The summed E-state index contributed by atoms with van der Waals surface area (Å²) in [4.78, 5) is 0.123. The van der Waals surface area contributed by atoms with Crippen molar-refractivity contribution in [2.45, 2.75) is 36.6 Å². The van der Waals surface area contributed by atoms with E-state index in [1.54, 1.807) is 0 Å². The lowest BCUT2D eigenvalue weighted by Gasteiger charge is -2.30. The monoisotopic (exact) mass is 330 g/mol. The molecule has 2 nitrogen and oxygen atoms in total. The molecule has 0 spiro atoms. The second kappa shape index (κ2) is 4.69. The Hall–Kier alpha value is -0.250. The highest BCUT2D eigenvalue weighted by molar-refractivity contribution is 9.09. The quantitative estimate of drug-likeness (QED) is 0.753. The van der Waals surface area contributed by atoms with Crippen molar-refractivity contribution >= 4 is 27.5 Å². The van der Waals surface area contributed by atoms with Crippen molar-refractivity contribution in [3.63, 3.8) is 0 Å². The van der Waals surface area contributed by atoms with E-state index in [1.165, 1.54) is 5.56 Å². The van der Waals surface area contributed by atoms with Crippen LogP contribution in [0.5, 0.6) is 5.75 Å². The number of hydrogen-bond donors (Lipinski definition) is 0. The van der Waals surface area contributed by atoms with Crippen LogP contribution in [0.1, 0.15) is 35.7 Å². The van der Waals surface area contributed by atoms with Crippen molar-refractivity contribution in [2.75, 3.05) is 13.2 Å². The highest BCUT2D eigenvalue weighted by atomic mass is 79.9. The smallest absolute Gasteiger partial charge is 0.127 e. The predicted molar refractivity (Wildman–Crippen MR) is 75.9 cm³/mol. The molecule has 3 rings (SSSR count). The molecule has 0 radical (unpaired) electrons. The fourth-order valence-electron chi connectivity index (χ4n) is 2.82. The van der Waals surface area contributed by atoms with Crippen LogP contribution in [0, 0.1) is 0 Å². The van der Waals surface area contributed by atoms with E-state index in [4.69, 9.17) is 21.1 Å². The molecule has 2 atom stereocenters. The van der Waals surface area contributed by atoms with Gasteiger partial charge in [0.05, 0.1) is 17.0 Å². The fourth-order valence-corrected chi connectivity index (χ4v) is 3.77. The maximum absolute atomic E-state index is 6.21. The first-order valence-electron chi connectivity index (χ1n) is 6.33. The van der Waals surface area contributed by atoms with E-state index in [0.717, 1.165) is 48.8 Å². The summed E-state index contributed by atoms with van der Waals surface area (Å²) in [6.07, 6.45) is 3.12. The zero-order valence-corrected chi connectivity index (χ0v) is 12.7. The molecule has 18 heavy (non-hydrogen) atoms. The maximum Gasteiger partial charge on any atom is 0.127 e. The first-order chi connectivity index (χ1) is 8.60. The normalized spacial score (nSPS) is 27.9. The van der Waals surface area contributed by atoms with Crippen LogP contribution >= 0.6 is 27.5 Å².